The molecular weight excluding hydrogens is 483 g/mol. The van der Waals surface area contributed by atoms with E-state index in [0.29, 0.717) is 33.8 Å². The molecule has 0 radical (unpaired) electrons. The second-order valence-electron chi connectivity index (χ2n) is 8.63. The van der Waals surface area contributed by atoms with Crippen LogP contribution in [0.1, 0.15) is 16.7 Å². The lowest BCUT2D eigenvalue weighted by Gasteiger charge is -2.34. The highest BCUT2D eigenvalue weighted by Gasteiger charge is 2.43. The number of carbonyl (C=O) groups is 3. The van der Waals surface area contributed by atoms with Gasteiger partial charge in [-0.2, -0.15) is 0 Å². The summed E-state index contributed by atoms with van der Waals surface area (Å²) in [5, 5.41) is 0. The lowest BCUT2D eigenvalue weighted by molar-refractivity contribution is -0.121. The second-order valence-corrected chi connectivity index (χ2v) is 8.63. The third-order valence-corrected chi connectivity index (χ3v) is 6.27. The first-order valence-corrected chi connectivity index (χ1v) is 11.9. The van der Waals surface area contributed by atoms with Crippen LogP contribution >= 0.6 is 0 Å². The van der Waals surface area contributed by atoms with Crippen molar-refractivity contribution in [3.8, 4) is 5.75 Å². The summed E-state index contributed by atoms with van der Waals surface area (Å²) in [7, 11) is 1.52. The molecule has 1 aliphatic heterocycles. The van der Waals surface area contributed by atoms with Gasteiger partial charge < -0.3 is 4.74 Å². The molecule has 5 rings (SSSR count). The molecule has 0 atom stereocenters. The van der Waals surface area contributed by atoms with Gasteiger partial charge in [-0.15, -0.1) is 0 Å². The Morgan fingerprint density at radius 1 is 0.711 bits per heavy atom. The Bertz CT molecular complexity index is 1490. The molecule has 4 aromatic carbocycles. The number of carbonyl (C=O) groups excluding carboxylic acids is 3. The van der Waals surface area contributed by atoms with Crippen LogP contribution in [0.25, 0.3) is 6.08 Å². The van der Waals surface area contributed by atoms with Gasteiger partial charge in [0.2, 0.25) is 0 Å². The lowest BCUT2D eigenvalue weighted by atomic mass is 9.96. The van der Waals surface area contributed by atoms with Crippen LogP contribution in [0.4, 0.5) is 20.6 Å². The fourth-order valence-corrected chi connectivity index (χ4v) is 4.34. The number of urea groups is 1. The average molecular weight is 507 g/mol. The van der Waals surface area contributed by atoms with E-state index >= 15 is 0 Å². The Hall–Kier alpha value is -5.04. The van der Waals surface area contributed by atoms with Gasteiger partial charge in [0, 0.05) is 6.42 Å². The van der Waals surface area contributed by atoms with Gasteiger partial charge in [-0.25, -0.2) is 19.0 Å². The summed E-state index contributed by atoms with van der Waals surface area (Å²) in [5.74, 6) is -1.31. The molecule has 1 saturated heterocycles. The SMILES string of the molecule is COc1ccc(C=C2C(=O)N(c3ccccc3)C(=O)N(c3ccccc3)C2=O)c(Cc2ccccc2F)c1. The molecule has 38 heavy (non-hydrogen) atoms. The van der Waals surface area contributed by atoms with E-state index in [0.717, 1.165) is 9.80 Å². The smallest absolute Gasteiger partial charge is 0.343 e. The number of halogens is 1. The highest BCUT2D eigenvalue weighted by atomic mass is 19.1. The highest BCUT2D eigenvalue weighted by molar-refractivity contribution is 6.46. The number of anilines is 2. The summed E-state index contributed by atoms with van der Waals surface area (Å²) in [6, 6.07) is 27.7. The fraction of sp³-hybridized carbons (Fsp3) is 0.0645. The lowest BCUT2D eigenvalue weighted by Crippen LogP contribution is -2.57. The van der Waals surface area contributed by atoms with Gasteiger partial charge in [-0.1, -0.05) is 60.7 Å². The topological polar surface area (TPSA) is 66.9 Å². The summed E-state index contributed by atoms with van der Waals surface area (Å²) in [5.41, 5.74) is 2.11. The molecular formula is C31H23FN2O4. The first kappa shape index (κ1) is 24.6. The van der Waals surface area contributed by atoms with Gasteiger partial charge in [0.1, 0.15) is 17.1 Å². The number of amides is 4. The third kappa shape index (κ3) is 4.69. The van der Waals surface area contributed by atoms with Gasteiger partial charge >= 0.3 is 6.03 Å². The number of rotatable bonds is 6. The molecule has 1 fully saturated rings. The molecule has 0 N–H and O–H groups in total. The molecule has 6 nitrogen and oxygen atoms in total. The van der Waals surface area contributed by atoms with Crippen LogP contribution in [0.15, 0.2) is 109 Å². The Balaban J connectivity index is 1.65. The maximum atomic E-state index is 14.5. The number of imide groups is 2. The molecule has 1 aliphatic rings. The fourth-order valence-electron chi connectivity index (χ4n) is 4.34. The van der Waals surface area contributed by atoms with Crippen LogP contribution < -0.4 is 14.5 Å². The van der Waals surface area contributed by atoms with Gasteiger partial charge in [-0.3, -0.25) is 9.59 Å². The minimum atomic E-state index is -0.768. The van der Waals surface area contributed by atoms with Crippen LogP contribution in [0, 0.1) is 5.82 Å². The average Bonchev–Trinajstić information content (AvgIpc) is 2.94. The normalized spacial score (nSPS) is 13.6. The summed E-state index contributed by atoms with van der Waals surface area (Å²) in [4.78, 5) is 42.8. The van der Waals surface area contributed by atoms with E-state index < -0.39 is 17.8 Å². The Kier molecular flexibility index (Phi) is 6.82. The van der Waals surface area contributed by atoms with E-state index in [9.17, 15) is 18.8 Å². The van der Waals surface area contributed by atoms with Crippen molar-refractivity contribution < 1.29 is 23.5 Å². The standard InChI is InChI=1S/C31H23FN2O4/c1-38-26-17-16-21(23(19-26)18-22-10-8-9-15-28(22)32)20-27-29(35)33(24-11-4-2-5-12-24)31(37)34(30(27)36)25-13-6-3-7-14-25/h2-17,19-20H,18H2,1H3. The number of nitrogens with zero attached hydrogens (tertiary/aromatic N) is 2. The summed E-state index contributed by atoms with van der Waals surface area (Å²) in [6.45, 7) is 0. The largest absolute Gasteiger partial charge is 0.497 e. The van der Waals surface area contributed by atoms with E-state index in [4.69, 9.17) is 4.74 Å². The van der Waals surface area contributed by atoms with Crippen LogP contribution in [0.3, 0.4) is 0 Å². The maximum absolute atomic E-state index is 14.5. The first-order valence-electron chi connectivity index (χ1n) is 11.9. The number of para-hydroxylation sites is 2. The zero-order chi connectivity index (χ0) is 26.6. The van der Waals surface area contributed by atoms with Crippen molar-refractivity contribution >= 4 is 35.3 Å². The van der Waals surface area contributed by atoms with Crippen molar-refractivity contribution in [1.82, 2.24) is 0 Å². The van der Waals surface area contributed by atoms with Crippen molar-refractivity contribution in [3.05, 3.63) is 131 Å². The van der Waals surface area contributed by atoms with Gasteiger partial charge in [0.15, 0.2) is 0 Å². The van der Waals surface area contributed by atoms with Crippen molar-refractivity contribution in [1.29, 1.82) is 0 Å². The molecule has 0 bridgehead atoms. The number of methoxy groups -OCH3 is 1. The summed E-state index contributed by atoms with van der Waals surface area (Å²) >= 11 is 0. The highest BCUT2D eigenvalue weighted by Crippen LogP contribution is 2.31. The molecule has 0 unspecified atom stereocenters. The summed E-state index contributed by atoms with van der Waals surface area (Å²) in [6.07, 6.45) is 1.66. The van der Waals surface area contributed by atoms with Gasteiger partial charge in [0.05, 0.1) is 18.5 Å². The monoisotopic (exact) mass is 506 g/mol. The quantitative estimate of drug-likeness (QED) is 0.237. The number of benzene rings is 4. The molecule has 4 aromatic rings. The second kappa shape index (κ2) is 10.5. The molecule has 4 amide bonds. The molecule has 7 heteroatoms. The zero-order valence-electron chi connectivity index (χ0n) is 20.5. The summed E-state index contributed by atoms with van der Waals surface area (Å²) < 4.78 is 19.9. The van der Waals surface area contributed by atoms with Crippen molar-refractivity contribution in [2.45, 2.75) is 6.42 Å². The van der Waals surface area contributed by atoms with Crippen LogP contribution in [0.2, 0.25) is 0 Å². The Morgan fingerprint density at radius 2 is 1.26 bits per heavy atom. The number of barbiturate groups is 1. The Morgan fingerprint density at radius 3 is 1.82 bits per heavy atom. The van der Waals surface area contributed by atoms with Crippen LogP contribution in [0.5, 0.6) is 5.75 Å². The molecule has 0 spiro atoms. The molecule has 0 aliphatic carbocycles. The Labute approximate surface area is 219 Å². The van der Waals surface area contributed by atoms with Crippen molar-refractivity contribution in [2.24, 2.45) is 0 Å². The number of hydrogen-bond donors (Lipinski definition) is 0. The molecule has 0 saturated carbocycles. The maximum Gasteiger partial charge on any atom is 0.343 e. The van der Waals surface area contributed by atoms with E-state index in [2.05, 4.69) is 0 Å². The predicted octanol–water partition coefficient (Wildman–Crippen LogP) is 6.01. The number of ether oxygens (including phenoxy) is 1. The molecule has 188 valence electrons. The van der Waals surface area contributed by atoms with Crippen molar-refractivity contribution in [2.75, 3.05) is 16.9 Å². The number of hydrogen-bond acceptors (Lipinski definition) is 4. The molecule has 1 heterocycles. The van der Waals surface area contributed by atoms with Crippen LogP contribution in [-0.4, -0.2) is 25.0 Å². The third-order valence-electron chi connectivity index (χ3n) is 6.27. The predicted molar refractivity (Wildman–Crippen MR) is 143 cm³/mol. The van der Waals surface area contributed by atoms with E-state index in [-0.39, 0.29) is 17.8 Å². The van der Waals surface area contributed by atoms with E-state index in [1.807, 2.05) is 0 Å². The van der Waals surface area contributed by atoms with Gasteiger partial charge in [-0.05, 0) is 65.2 Å². The molecule has 0 aromatic heterocycles. The van der Waals surface area contributed by atoms with Crippen LogP contribution in [-0.2, 0) is 16.0 Å². The first-order chi connectivity index (χ1) is 18.5. The minimum Gasteiger partial charge on any atom is -0.497 e. The zero-order valence-corrected chi connectivity index (χ0v) is 20.5. The minimum absolute atomic E-state index is 0.197. The van der Waals surface area contributed by atoms with Gasteiger partial charge in [0.25, 0.3) is 11.8 Å². The van der Waals surface area contributed by atoms with E-state index in [1.54, 1.807) is 97.1 Å². The van der Waals surface area contributed by atoms with E-state index in [1.165, 1.54) is 19.3 Å². The van der Waals surface area contributed by atoms with Crippen molar-refractivity contribution in [3.63, 3.8) is 0 Å².